The van der Waals surface area contributed by atoms with Crippen LogP contribution in [-0.2, 0) is 0 Å². The van der Waals surface area contributed by atoms with E-state index in [1.807, 2.05) is 12.1 Å². The molecule has 4 heterocycles. The molecule has 13 aromatic rings. The summed E-state index contributed by atoms with van der Waals surface area (Å²) in [5.41, 5.74) is 5.79. The predicted molar refractivity (Wildman–Crippen MR) is 232 cm³/mol. The minimum Gasteiger partial charge on any atom is -0.456 e. The van der Waals surface area contributed by atoms with E-state index in [2.05, 4.69) is 156 Å². The molecule has 0 amide bonds. The molecule has 0 radical (unpaired) electrons. The molecule has 0 aliphatic heterocycles. The molecule has 0 bridgehead atoms. The van der Waals surface area contributed by atoms with Gasteiger partial charge >= 0.3 is 0 Å². The van der Waals surface area contributed by atoms with Crippen molar-refractivity contribution < 1.29 is 4.42 Å². The van der Waals surface area contributed by atoms with Crippen LogP contribution in [0.3, 0.4) is 0 Å². The van der Waals surface area contributed by atoms with Gasteiger partial charge in [-0.05, 0) is 80.2 Å². The summed E-state index contributed by atoms with van der Waals surface area (Å²) in [5.74, 6) is 0.651. The molecule has 0 aliphatic rings. The van der Waals surface area contributed by atoms with Crippen LogP contribution in [0, 0.1) is 0 Å². The second kappa shape index (κ2) is 10.8. The first-order valence-electron chi connectivity index (χ1n) is 18.6. The van der Waals surface area contributed by atoms with Crippen LogP contribution in [0.5, 0.6) is 0 Å². The first-order chi connectivity index (χ1) is 27.3. The summed E-state index contributed by atoms with van der Waals surface area (Å²) in [4.78, 5) is 12.0. The fraction of sp³-hybridized carbons (Fsp3) is 0. The number of benzene rings is 9. The largest absolute Gasteiger partial charge is 0.456 e. The molecule has 13 rings (SSSR count). The topological polar surface area (TPSA) is 43.9 Å². The van der Waals surface area contributed by atoms with Gasteiger partial charge in [0, 0.05) is 48.0 Å². The number of hydrogen-bond donors (Lipinski definition) is 0. The summed E-state index contributed by atoms with van der Waals surface area (Å²) >= 11 is 1.72. The zero-order valence-electron chi connectivity index (χ0n) is 29.2. The van der Waals surface area contributed by atoms with Gasteiger partial charge in [-0.3, -0.25) is 4.57 Å². The van der Waals surface area contributed by atoms with Gasteiger partial charge in [0.15, 0.2) is 0 Å². The number of aromatic nitrogens is 3. The van der Waals surface area contributed by atoms with Crippen LogP contribution in [0.2, 0.25) is 0 Å². The highest BCUT2D eigenvalue weighted by Gasteiger charge is 2.23. The Morgan fingerprint density at radius 2 is 1.04 bits per heavy atom. The molecule has 55 heavy (non-hydrogen) atoms. The van der Waals surface area contributed by atoms with Gasteiger partial charge in [-0.15, -0.1) is 11.3 Å². The molecular weight excluding hydrogens is 691 g/mol. The molecule has 254 valence electrons. The minimum atomic E-state index is 0.651. The van der Waals surface area contributed by atoms with Gasteiger partial charge in [-0.2, -0.15) is 0 Å². The second-order valence-electron chi connectivity index (χ2n) is 14.5. The summed E-state index contributed by atoms with van der Waals surface area (Å²) in [5, 5.41) is 16.7. The fourth-order valence-corrected chi connectivity index (χ4v) is 10.3. The van der Waals surface area contributed by atoms with E-state index in [0.717, 1.165) is 59.8 Å². The third-order valence-corrected chi connectivity index (χ3v) is 12.6. The van der Waals surface area contributed by atoms with Crippen LogP contribution in [0.25, 0.3) is 124 Å². The van der Waals surface area contributed by atoms with Crippen molar-refractivity contribution in [2.24, 2.45) is 0 Å². The Hall–Kier alpha value is -7.08. The van der Waals surface area contributed by atoms with Gasteiger partial charge in [-0.25, -0.2) is 9.97 Å². The molecule has 0 aliphatic carbocycles. The van der Waals surface area contributed by atoms with E-state index in [9.17, 15) is 0 Å². The molecule has 0 unspecified atom stereocenters. The van der Waals surface area contributed by atoms with Gasteiger partial charge < -0.3 is 4.42 Å². The van der Waals surface area contributed by atoms with E-state index >= 15 is 0 Å². The third-order valence-electron chi connectivity index (χ3n) is 11.6. The monoisotopic (exact) mass is 717 g/mol. The Kier molecular flexibility index (Phi) is 5.74. The van der Waals surface area contributed by atoms with E-state index in [1.54, 1.807) is 11.3 Å². The molecule has 5 heteroatoms. The molecule has 0 atom stereocenters. The number of furan rings is 1. The Morgan fingerprint density at radius 1 is 0.418 bits per heavy atom. The highest BCUT2D eigenvalue weighted by molar-refractivity contribution is 7.25. The van der Waals surface area contributed by atoms with Gasteiger partial charge in [-0.1, -0.05) is 121 Å². The van der Waals surface area contributed by atoms with Crippen molar-refractivity contribution in [2.75, 3.05) is 0 Å². The molecule has 9 aromatic carbocycles. The minimum absolute atomic E-state index is 0.651. The van der Waals surface area contributed by atoms with E-state index < -0.39 is 0 Å². The van der Waals surface area contributed by atoms with Gasteiger partial charge in [0.25, 0.3) is 0 Å². The highest BCUT2D eigenvalue weighted by atomic mass is 32.1. The Bertz CT molecular complexity index is 3760. The lowest BCUT2D eigenvalue weighted by Gasteiger charge is -2.13. The second-order valence-corrected chi connectivity index (χ2v) is 15.5. The lowest BCUT2D eigenvalue weighted by atomic mass is 9.91. The van der Waals surface area contributed by atoms with Crippen molar-refractivity contribution in [1.82, 2.24) is 14.5 Å². The first kappa shape index (κ1) is 29.4. The zero-order chi connectivity index (χ0) is 35.8. The number of para-hydroxylation sites is 1. The Morgan fingerprint density at radius 3 is 1.85 bits per heavy atom. The van der Waals surface area contributed by atoms with Crippen molar-refractivity contribution in [2.45, 2.75) is 0 Å². The number of rotatable bonds is 2. The number of hydrogen-bond acceptors (Lipinski definition) is 4. The standard InChI is InChI=1S/C50H27N3OS/c1-2-12-29-26-41-39(25-28(29)11-1)46-40(24-23-37-33-15-4-3-13-31(33)32-14-5-6-17-36(32)45(37)46)53(41)50-51-48(47-38-18-8-10-20-44(38)55-49(47)52-50)30-21-22-35-34-16-7-9-19-42(34)54-43(35)27-30/h1-27H. The summed E-state index contributed by atoms with van der Waals surface area (Å²) in [6.07, 6.45) is 0. The molecule has 0 spiro atoms. The fourth-order valence-electron chi connectivity index (χ4n) is 9.20. The Labute approximate surface area is 317 Å². The zero-order valence-corrected chi connectivity index (χ0v) is 30.1. The average Bonchev–Trinajstić information content (AvgIpc) is 3.91. The SMILES string of the molecule is c1ccc2cc3c(cc2c1)c1c2c4ccccc4c4ccccc4c2ccc1n3-c1nc(-c2ccc3c(c2)oc2ccccc23)c2c(n1)sc1ccccc12. The predicted octanol–water partition coefficient (Wildman–Crippen LogP) is 14.1. The molecule has 4 nitrogen and oxygen atoms in total. The molecule has 0 fully saturated rings. The van der Waals surface area contributed by atoms with Crippen molar-refractivity contribution in [3.8, 4) is 17.2 Å². The average molecular weight is 718 g/mol. The molecule has 0 saturated carbocycles. The summed E-state index contributed by atoms with van der Waals surface area (Å²) in [6.45, 7) is 0. The normalized spacial score (nSPS) is 12.4. The Balaban J connectivity index is 1.20. The van der Waals surface area contributed by atoms with E-state index in [4.69, 9.17) is 14.4 Å². The number of fused-ring (bicyclic) bond motifs is 17. The smallest absolute Gasteiger partial charge is 0.236 e. The summed E-state index contributed by atoms with van der Waals surface area (Å²) in [6, 6.07) is 58.9. The van der Waals surface area contributed by atoms with Gasteiger partial charge in [0.05, 0.1) is 16.7 Å². The molecule has 0 N–H and O–H groups in total. The van der Waals surface area contributed by atoms with Crippen molar-refractivity contribution in [3.63, 3.8) is 0 Å². The first-order valence-corrected chi connectivity index (χ1v) is 19.4. The van der Waals surface area contributed by atoms with Crippen LogP contribution in [-0.4, -0.2) is 14.5 Å². The van der Waals surface area contributed by atoms with E-state index in [-0.39, 0.29) is 0 Å². The molecular formula is C50H27N3OS. The van der Waals surface area contributed by atoms with Gasteiger partial charge in [0.1, 0.15) is 16.0 Å². The van der Waals surface area contributed by atoms with Crippen LogP contribution >= 0.6 is 11.3 Å². The van der Waals surface area contributed by atoms with Crippen LogP contribution in [0.15, 0.2) is 168 Å². The summed E-state index contributed by atoms with van der Waals surface area (Å²) < 4.78 is 9.90. The maximum Gasteiger partial charge on any atom is 0.236 e. The van der Waals surface area contributed by atoms with E-state index in [0.29, 0.717) is 5.95 Å². The van der Waals surface area contributed by atoms with Crippen molar-refractivity contribution in [3.05, 3.63) is 164 Å². The van der Waals surface area contributed by atoms with E-state index in [1.165, 1.54) is 58.6 Å². The summed E-state index contributed by atoms with van der Waals surface area (Å²) in [7, 11) is 0. The van der Waals surface area contributed by atoms with Crippen LogP contribution in [0.1, 0.15) is 0 Å². The molecule has 4 aromatic heterocycles. The van der Waals surface area contributed by atoms with Crippen LogP contribution in [0.4, 0.5) is 0 Å². The van der Waals surface area contributed by atoms with Crippen molar-refractivity contribution >= 4 is 118 Å². The van der Waals surface area contributed by atoms with Crippen molar-refractivity contribution in [1.29, 1.82) is 0 Å². The van der Waals surface area contributed by atoms with Crippen LogP contribution < -0.4 is 0 Å². The highest BCUT2D eigenvalue weighted by Crippen LogP contribution is 2.45. The van der Waals surface area contributed by atoms with Gasteiger partial charge in [0.2, 0.25) is 5.95 Å². The quantitative estimate of drug-likeness (QED) is 0.167. The maximum absolute atomic E-state index is 6.41. The lowest BCUT2D eigenvalue weighted by Crippen LogP contribution is -2.02. The number of nitrogens with zero attached hydrogens (tertiary/aromatic N) is 3. The molecule has 0 saturated heterocycles. The maximum atomic E-state index is 6.41. The number of thiophene rings is 1. The third kappa shape index (κ3) is 4.00. The lowest BCUT2D eigenvalue weighted by molar-refractivity contribution is 0.669.